The Morgan fingerprint density at radius 3 is 2.68 bits per heavy atom. The number of nitrogens with two attached hydrogens (primary N) is 2. The van der Waals surface area contributed by atoms with Gasteiger partial charge in [-0.15, -0.1) is 0 Å². The zero-order valence-corrected chi connectivity index (χ0v) is 11.9. The summed E-state index contributed by atoms with van der Waals surface area (Å²) in [6, 6.07) is 8.85. The number of anilines is 3. The van der Waals surface area contributed by atoms with E-state index in [1.54, 1.807) is 6.07 Å². The Bertz CT molecular complexity index is 643. The van der Waals surface area contributed by atoms with Crippen LogP contribution in [-0.4, -0.2) is 10.9 Å². The summed E-state index contributed by atoms with van der Waals surface area (Å²) in [4.78, 5) is 15.2. The number of benzene rings is 1. The highest BCUT2D eigenvalue weighted by molar-refractivity contribution is 9.10. The standard InChI is InChI=1S/C13H13BrN4O/c1-7-6-8(2-3-9(7)14)17-13-10(15)4-5-11(18-13)12(16)19/h2-6H,15H2,1H3,(H2,16,19)(H,17,18). The van der Waals surface area contributed by atoms with E-state index in [4.69, 9.17) is 11.5 Å². The molecule has 2 rings (SSSR count). The summed E-state index contributed by atoms with van der Waals surface area (Å²) in [7, 11) is 0. The zero-order valence-electron chi connectivity index (χ0n) is 10.3. The number of halogens is 1. The number of nitrogen functional groups attached to an aromatic ring is 1. The number of rotatable bonds is 3. The molecule has 98 valence electrons. The van der Waals surface area contributed by atoms with E-state index in [0.717, 1.165) is 15.7 Å². The van der Waals surface area contributed by atoms with E-state index in [1.807, 2.05) is 25.1 Å². The lowest BCUT2D eigenvalue weighted by Gasteiger charge is -2.10. The van der Waals surface area contributed by atoms with Crippen LogP contribution in [0.15, 0.2) is 34.8 Å². The number of nitrogens with zero attached hydrogens (tertiary/aromatic N) is 1. The van der Waals surface area contributed by atoms with Gasteiger partial charge in [0.2, 0.25) is 0 Å². The van der Waals surface area contributed by atoms with E-state index in [-0.39, 0.29) is 5.69 Å². The monoisotopic (exact) mass is 320 g/mol. The third-order valence-corrected chi connectivity index (χ3v) is 3.49. The molecule has 19 heavy (non-hydrogen) atoms. The summed E-state index contributed by atoms with van der Waals surface area (Å²) in [5, 5.41) is 3.07. The van der Waals surface area contributed by atoms with E-state index >= 15 is 0 Å². The molecular formula is C13H13BrN4O. The van der Waals surface area contributed by atoms with Crippen molar-refractivity contribution in [2.75, 3.05) is 11.1 Å². The molecule has 0 saturated heterocycles. The van der Waals surface area contributed by atoms with Crippen molar-refractivity contribution in [2.45, 2.75) is 6.92 Å². The first kappa shape index (κ1) is 13.4. The lowest BCUT2D eigenvalue weighted by atomic mass is 10.2. The molecule has 0 radical (unpaired) electrons. The maximum absolute atomic E-state index is 11.1. The highest BCUT2D eigenvalue weighted by atomic mass is 79.9. The van der Waals surface area contributed by atoms with Crippen molar-refractivity contribution < 1.29 is 4.79 Å². The minimum atomic E-state index is -0.588. The molecule has 0 spiro atoms. The quantitative estimate of drug-likeness (QED) is 0.810. The second-order valence-corrected chi connectivity index (χ2v) is 4.94. The molecule has 0 aliphatic carbocycles. The first-order chi connectivity index (χ1) is 8.97. The molecule has 5 nitrogen and oxygen atoms in total. The molecule has 1 aromatic carbocycles. The minimum Gasteiger partial charge on any atom is -0.396 e. The molecule has 0 fully saturated rings. The van der Waals surface area contributed by atoms with Crippen molar-refractivity contribution >= 4 is 39.0 Å². The zero-order chi connectivity index (χ0) is 14.0. The molecule has 0 aliphatic rings. The average molecular weight is 321 g/mol. The average Bonchev–Trinajstić information content (AvgIpc) is 2.36. The number of hydrogen-bond donors (Lipinski definition) is 3. The highest BCUT2D eigenvalue weighted by Crippen LogP contribution is 2.25. The maximum atomic E-state index is 11.1. The second-order valence-electron chi connectivity index (χ2n) is 4.09. The van der Waals surface area contributed by atoms with E-state index < -0.39 is 5.91 Å². The summed E-state index contributed by atoms with van der Waals surface area (Å²) >= 11 is 3.43. The molecule has 0 saturated carbocycles. The Balaban J connectivity index is 2.34. The number of carbonyl (C=O) groups is 1. The lowest BCUT2D eigenvalue weighted by Crippen LogP contribution is -2.14. The van der Waals surface area contributed by atoms with E-state index in [1.165, 1.54) is 6.07 Å². The van der Waals surface area contributed by atoms with Crippen LogP contribution >= 0.6 is 15.9 Å². The van der Waals surface area contributed by atoms with E-state index in [2.05, 4.69) is 26.2 Å². The Kier molecular flexibility index (Phi) is 3.71. The van der Waals surface area contributed by atoms with Gasteiger partial charge in [-0.2, -0.15) is 0 Å². The number of hydrogen-bond acceptors (Lipinski definition) is 4. The Morgan fingerprint density at radius 1 is 1.32 bits per heavy atom. The molecule has 1 aromatic heterocycles. The summed E-state index contributed by atoms with van der Waals surface area (Å²) < 4.78 is 1.02. The first-order valence-electron chi connectivity index (χ1n) is 5.57. The minimum absolute atomic E-state index is 0.172. The molecule has 0 bridgehead atoms. The Morgan fingerprint density at radius 2 is 2.05 bits per heavy atom. The predicted octanol–water partition coefficient (Wildman–Crippen LogP) is 2.58. The van der Waals surface area contributed by atoms with Gasteiger partial charge < -0.3 is 16.8 Å². The van der Waals surface area contributed by atoms with Gasteiger partial charge >= 0.3 is 0 Å². The number of amides is 1. The van der Waals surface area contributed by atoms with Crippen LogP contribution in [0, 0.1) is 6.92 Å². The highest BCUT2D eigenvalue weighted by Gasteiger charge is 2.08. The normalized spacial score (nSPS) is 10.2. The molecular weight excluding hydrogens is 308 g/mol. The second kappa shape index (κ2) is 5.27. The van der Waals surface area contributed by atoms with Crippen LogP contribution in [0.25, 0.3) is 0 Å². The van der Waals surface area contributed by atoms with Crippen molar-refractivity contribution in [1.29, 1.82) is 0 Å². The van der Waals surface area contributed by atoms with Crippen LogP contribution in [0.1, 0.15) is 16.1 Å². The SMILES string of the molecule is Cc1cc(Nc2nc(C(N)=O)ccc2N)ccc1Br. The molecule has 5 N–H and O–H groups in total. The molecule has 6 heteroatoms. The molecule has 0 atom stereocenters. The first-order valence-corrected chi connectivity index (χ1v) is 6.36. The number of nitrogens with one attached hydrogen (secondary N) is 1. The van der Waals surface area contributed by atoms with Crippen LogP contribution < -0.4 is 16.8 Å². The van der Waals surface area contributed by atoms with Gasteiger partial charge in [0, 0.05) is 10.2 Å². The van der Waals surface area contributed by atoms with E-state index in [9.17, 15) is 4.79 Å². The fourth-order valence-corrected chi connectivity index (χ4v) is 1.81. The van der Waals surface area contributed by atoms with Gasteiger partial charge in [-0.3, -0.25) is 4.79 Å². The molecule has 0 aliphatic heterocycles. The van der Waals surface area contributed by atoms with Gasteiger partial charge in [0.15, 0.2) is 5.82 Å². The van der Waals surface area contributed by atoms with Crippen LogP contribution in [0.2, 0.25) is 0 Å². The van der Waals surface area contributed by atoms with Gasteiger partial charge in [0.05, 0.1) is 5.69 Å². The van der Waals surface area contributed by atoms with Gasteiger partial charge in [0.1, 0.15) is 5.69 Å². The summed E-state index contributed by atoms with van der Waals surface area (Å²) in [6.07, 6.45) is 0. The smallest absolute Gasteiger partial charge is 0.267 e. The van der Waals surface area contributed by atoms with Crippen molar-refractivity contribution in [3.63, 3.8) is 0 Å². The van der Waals surface area contributed by atoms with Crippen LogP contribution in [0.3, 0.4) is 0 Å². The predicted molar refractivity (Wildman–Crippen MR) is 79.3 cm³/mol. The molecule has 0 unspecified atom stereocenters. The summed E-state index contributed by atoms with van der Waals surface area (Å²) in [5.74, 6) is -0.173. The third-order valence-electron chi connectivity index (χ3n) is 2.60. The largest absolute Gasteiger partial charge is 0.396 e. The van der Waals surface area contributed by atoms with Crippen LogP contribution in [0.4, 0.5) is 17.2 Å². The summed E-state index contributed by atoms with van der Waals surface area (Å²) in [5.41, 5.74) is 13.5. The van der Waals surface area contributed by atoms with Crippen molar-refractivity contribution in [3.8, 4) is 0 Å². The maximum Gasteiger partial charge on any atom is 0.267 e. The Hall–Kier alpha value is -2.08. The fraction of sp³-hybridized carbons (Fsp3) is 0.0769. The number of aromatic nitrogens is 1. The van der Waals surface area contributed by atoms with Gasteiger partial charge in [0.25, 0.3) is 5.91 Å². The number of aryl methyl sites for hydroxylation is 1. The van der Waals surface area contributed by atoms with Crippen molar-refractivity contribution in [3.05, 3.63) is 46.1 Å². The van der Waals surface area contributed by atoms with Crippen molar-refractivity contribution in [2.24, 2.45) is 5.73 Å². The number of pyridine rings is 1. The van der Waals surface area contributed by atoms with E-state index in [0.29, 0.717) is 11.5 Å². The van der Waals surface area contributed by atoms with Crippen LogP contribution in [0.5, 0.6) is 0 Å². The summed E-state index contributed by atoms with van der Waals surface area (Å²) in [6.45, 7) is 1.98. The fourth-order valence-electron chi connectivity index (χ4n) is 1.57. The topological polar surface area (TPSA) is 94.0 Å². The molecule has 1 amide bonds. The number of carbonyl (C=O) groups excluding carboxylic acids is 1. The molecule has 1 heterocycles. The van der Waals surface area contributed by atoms with Crippen LogP contribution in [-0.2, 0) is 0 Å². The Labute approximate surface area is 119 Å². The van der Waals surface area contributed by atoms with Crippen molar-refractivity contribution in [1.82, 2.24) is 4.98 Å². The van der Waals surface area contributed by atoms with Gasteiger partial charge in [-0.05, 0) is 42.8 Å². The molecule has 2 aromatic rings. The third kappa shape index (κ3) is 3.03. The number of primary amides is 1. The lowest BCUT2D eigenvalue weighted by molar-refractivity contribution is 0.0996. The van der Waals surface area contributed by atoms with Gasteiger partial charge in [-0.25, -0.2) is 4.98 Å². The van der Waals surface area contributed by atoms with Gasteiger partial charge in [-0.1, -0.05) is 15.9 Å².